The van der Waals surface area contributed by atoms with Gasteiger partial charge in [-0.25, -0.2) is 0 Å². The lowest BCUT2D eigenvalue weighted by Gasteiger charge is -2.32. The average molecular weight is 377 g/mol. The van der Waals surface area contributed by atoms with Gasteiger partial charge in [-0.05, 0) is 43.0 Å². The zero-order valence-corrected chi connectivity index (χ0v) is 14.4. The quantitative estimate of drug-likeness (QED) is 0.697. The van der Waals surface area contributed by atoms with Gasteiger partial charge in [-0.15, -0.1) is 15.3 Å². The summed E-state index contributed by atoms with van der Waals surface area (Å²) in [5.74, 6) is 0.644. The Morgan fingerprint density at radius 1 is 1.00 bits per heavy atom. The molecular formula is C18H18F3N5O. The molecule has 0 amide bonds. The van der Waals surface area contributed by atoms with Crippen LogP contribution in [0.3, 0.4) is 0 Å². The van der Waals surface area contributed by atoms with Crippen molar-refractivity contribution in [3.05, 3.63) is 48.3 Å². The Balaban J connectivity index is 1.40. The number of halogens is 3. The van der Waals surface area contributed by atoms with Crippen LogP contribution in [0.15, 0.2) is 42.5 Å². The van der Waals surface area contributed by atoms with Crippen molar-refractivity contribution >= 4 is 11.5 Å². The minimum absolute atomic E-state index is 0.0808. The van der Waals surface area contributed by atoms with Gasteiger partial charge in [-0.3, -0.25) is 0 Å². The first-order chi connectivity index (χ1) is 13.0. The van der Waals surface area contributed by atoms with Crippen molar-refractivity contribution in [2.45, 2.75) is 19.0 Å². The standard InChI is InChI=1S/C18H18F3N5O/c19-18(20,21)17-23-22-15-6-7-16(24-26(15)17)25-10-8-13(9-11-25)12-27-14-4-2-1-3-5-14/h1-7,13H,8-12H2. The Hall–Kier alpha value is -2.84. The van der Waals surface area contributed by atoms with E-state index in [4.69, 9.17) is 4.74 Å². The summed E-state index contributed by atoms with van der Waals surface area (Å²) in [7, 11) is 0. The van der Waals surface area contributed by atoms with Crippen LogP contribution in [0.2, 0.25) is 0 Å². The molecule has 1 aliphatic rings. The Labute approximate surface area is 153 Å². The van der Waals surface area contributed by atoms with E-state index in [1.165, 1.54) is 6.07 Å². The maximum Gasteiger partial charge on any atom is 0.453 e. The maximum absolute atomic E-state index is 13.0. The zero-order valence-electron chi connectivity index (χ0n) is 14.4. The molecule has 2 aromatic heterocycles. The molecule has 0 saturated carbocycles. The van der Waals surface area contributed by atoms with Gasteiger partial charge in [0, 0.05) is 13.1 Å². The van der Waals surface area contributed by atoms with Crippen LogP contribution in [-0.2, 0) is 6.18 Å². The zero-order chi connectivity index (χ0) is 18.9. The van der Waals surface area contributed by atoms with E-state index in [1.807, 2.05) is 35.2 Å². The van der Waals surface area contributed by atoms with Gasteiger partial charge in [0.05, 0.1) is 6.61 Å². The van der Waals surface area contributed by atoms with Crippen molar-refractivity contribution in [3.63, 3.8) is 0 Å². The first kappa shape index (κ1) is 17.6. The summed E-state index contributed by atoms with van der Waals surface area (Å²) < 4.78 is 45.6. The van der Waals surface area contributed by atoms with E-state index in [-0.39, 0.29) is 5.65 Å². The summed E-state index contributed by atoms with van der Waals surface area (Å²) in [5, 5.41) is 10.9. The van der Waals surface area contributed by atoms with Crippen LogP contribution < -0.4 is 9.64 Å². The second-order valence-electron chi connectivity index (χ2n) is 6.54. The second-order valence-corrected chi connectivity index (χ2v) is 6.54. The number of alkyl halides is 3. The fraction of sp³-hybridized carbons (Fsp3) is 0.389. The van der Waals surface area contributed by atoms with Crippen LogP contribution in [0.1, 0.15) is 18.7 Å². The normalized spacial score (nSPS) is 16.0. The summed E-state index contributed by atoms with van der Waals surface area (Å²) in [5.41, 5.74) is 0.0808. The lowest BCUT2D eigenvalue weighted by molar-refractivity contribution is -0.146. The molecule has 0 spiro atoms. The highest BCUT2D eigenvalue weighted by Gasteiger charge is 2.37. The molecule has 0 N–H and O–H groups in total. The summed E-state index contributed by atoms with van der Waals surface area (Å²) in [6.07, 6.45) is -2.81. The molecule has 3 aromatic rings. The topological polar surface area (TPSA) is 55.5 Å². The number of hydrogen-bond acceptors (Lipinski definition) is 5. The summed E-state index contributed by atoms with van der Waals surface area (Å²) in [6.45, 7) is 2.06. The molecule has 0 bridgehead atoms. The van der Waals surface area contributed by atoms with Gasteiger partial charge in [0.25, 0.3) is 5.82 Å². The van der Waals surface area contributed by atoms with Gasteiger partial charge in [0.1, 0.15) is 11.6 Å². The van der Waals surface area contributed by atoms with Gasteiger partial charge in [0.2, 0.25) is 0 Å². The summed E-state index contributed by atoms with van der Waals surface area (Å²) in [4.78, 5) is 1.98. The number of rotatable bonds is 4. The van der Waals surface area contributed by atoms with Crippen LogP contribution in [0.4, 0.5) is 19.0 Å². The van der Waals surface area contributed by atoms with E-state index in [0.717, 1.165) is 23.1 Å². The van der Waals surface area contributed by atoms with Gasteiger partial charge in [-0.2, -0.15) is 17.7 Å². The Morgan fingerprint density at radius 2 is 1.74 bits per heavy atom. The molecule has 6 nitrogen and oxygen atoms in total. The molecule has 1 fully saturated rings. The van der Waals surface area contributed by atoms with Crippen LogP contribution in [0.25, 0.3) is 5.65 Å². The molecule has 0 atom stereocenters. The van der Waals surface area contributed by atoms with Crippen LogP contribution in [0.5, 0.6) is 5.75 Å². The third-order valence-corrected chi connectivity index (χ3v) is 4.67. The first-order valence-electron chi connectivity index (χ1n) is 8.73. The van der Waals surface area contributed by atoms with Crippen molar-refractivity contribution in [2.24, 2.45) is 5.92 Å². The van der Waals surface area contributed by atoms with E-state index in [9.17, 15) is 13.2 Å². The number of hydrogen-bond donors (Lipinski definition) is 0. The van der Waals surface area contributed by atoms with Crippen molar-refractivity contribution < 1.29 is 17.9 Å². The van der Waals surface area contributed by atoms with Gasteiger partial charge in [-0.1, -0.05) is 18.2 Å². The number of nitrogens with zero attached hydrogens (tertiary/aromatic N) is 5. The molecule has 1 aliphatic heterocycles. The minimum Gasteiger partial charge on any atom is -0.493 e. The van der Waals surface area contributed by atoms with E-state index < -0.39 is 12.0 Å². The molecule has 4 rings (SSSR count). The number of benzene rings is 1. The molecule has 1 saturated heterocycles. The lowest BCUT2D eigenvalue weighted by Crippen LogP contribution is -2.36. The summed E-state index contributed by atoms with van der Waals surface area (Å²) >= 11 is 0. The molecule has 1 aromatic carbocycles. The van der Waals surface area contributed by atoms with Crippen molar-refractivity contribution in [3.8, 4) is 5.75 Å². The number of fused-ring (bicyclic) bond motifs is 1. The third kappa shape index (κ3) is 3.81. The molecule has 142 valence electrons. The van der Waals surface area contributed by atoms with E-state index >= 15 is 0 Å². The largest absolute Gasteiger partial charge is 0.493 e. The number of anilines is 1. The highest BCUT2D eigenvalue weighted by atomic mass is 19.4. The maximum atomic E-state index is 13.0. The second kappa shape index (κ2) is 7.05. The van der Waals surface area contributed by atoms with Crippen LogP contribution in [-0.4, -0.2) is 39.5 Å². The molecule has 3 heterocycles. The van der Waals surface area contributed by atoms with E-state index in [0.29, 0.717) is 31.4 Å². The van der Waals surface area contributed by atoms with Crippen molar-refractivity contribution in [1.29, 1.82) is 0 Å². The average Bonchev–Trinajstić information content (AvgIpc) is 3.11. The highest BCUT2D eigenvalue weighted by molar-refractivity contribution is 5.46. The third-order valence-electron chi connectivity index (χ3n) is 4.67. The molecule has 0 unspecified atom stereocenters. The minimum atomic E-state index is -4.59. The molecular weight excluding hydrogens is 359 g/mol. The van der Waals surface area contributed by atoms with Crippen molar-refractivity contribution in [1.82, 2.24) is 19.8 Å². The first-order valence-corrected chi connectivity index (χ1v) is 8.73. The molecule has 0 radical (unpaired) electrons. The Bertz CT molecular complexity index is 904. The van der Waals surface area contributed by atoms with Gasteiger partial charge < -0.3 is 9.64 Å². The fourth-order valence-electron chi connectivity index (χ4n) is 3.18. The number of aromatic nitrogens is 4. The van der Waals surface area contributed by atoms with Crippen molar-refractivity contribution in [2.75, 3.05) is 24.6 Å². The lowest BCUT2D eigenvalue weighted by atomic mass is 9.98. The Kier molecular flexibility index (Phi) is 4.59. The SMILES string of the molecule is FC(F)(F)c1nnc2ccc(N3CCC(COc4ccccc4)CC3)nn12. The smallest absolute Gasteiger partial charge is 0.453 e. The molecule has 9 heteroatoms. The van der Waals surface area contributed by atoms with Gasteiger partial charge >= 0.3 is 6.18 Å². The number of ether oxygens (including phenoxy) is 1. The monoisotopic (exact) mass is 377 g/mol. The predicted octanol–water partition coefficient (Wildman–Crippen LogP) is 3.44. The number of piperidine rings is 1. The predicted molar refractivity (Wildman–Crippen MR) is 92.7 cm³/mol. The Morgan fingerprint density at radius 3 is 2.44 bits per heavy atom. The van der Waals surface area contributed by atoms with Crippen LogP contribution in [0, 0.1) is 5.92 Å². The fourth-order valence-corrected chi connectivity index (χ4v) is 3.18. The van der Waals surface area contributed by atoms with E-state index in [1.54, 1.807) is 6.07 Å². The number of para-hydroxylation sites is 1. The van der Waals surface area contributed by atoms with Crippen LogP contribution >= 0.6 is 0 Å². The highest BCUT2D eigenvalue weighted by Crippen LogP contribution is 2.28. The van der Waals surface area contributed by atoms with Gasteiger partial charge in [0.15, 0.2) is 5.65 Å². The molecule has 0 aliphatic carbocycles. The molecule has 27 heavy (non-hydrogen) atoms. The summed E-state index contributed by atoms with van der Waals surface area (Å²) in [6, 6.07) is 12.8. The van der Waals surface area contributed by atoms with E-state index in [2.05, 4.69) is 15.3 Å².